The number of ether oxygens (including phenoxy) is 2. The van der Waals surface area contributed by atoms with Crippen LogP contribution in [0.3, 0.4) is 0 Å². The number of nitrogens with zero attached hydrogens (tertiary/aromatic N) is 1. The molecule has 49 heavy (non-hydrogen) atoms. The number of nitrogens with two attached hydrogens (primary N) is 1. The van der Waals surface area contributed by atoms with Crippen LogP contribution in [0.1, 0.15) is 92.4 Å². The summed E-state index contributed by atoms with van der Waals surface area (Å²) in [6, 6.07) is -3.89. The zero-order chi connectivity index (χ0) is 36.1. The Morgan fingerprint density at radius 1 is 1.10 bits per heavy atom. The van der Waals surface area contributed by atoms with Crippen LogP contribution in [-0.4, -0.2) is 77.2 Å². The van der Waals surface area contributed by atoms with Crippen molar-refractivity contribution in [2.45, 2.75) is 116 Å². The van der Waals surface area contributed by atoms with E-state index in [2.05, 4.69) is 34.0 Å². The Labute approximate surface area is 288 Å². The van der Waals surface area contributed by atoms with Gasteiger partial charge in [-0.15, -0.1) is 6.58 Å². The second-order valence-electron chi connectivity index (χ2n) is 15.5. The molecule has 3 fully saturated rings. The molecule has 13 nitrogen and oxygen atoms in total. The number of allylic oxidation sites excluding steroid dienone is 1. The van der Waals surface area contributed by atoms with E-state index in [1.807, 2.05) is 13.8 Å². The van der Waals surface area contributed by atoms with Crippen molar-refractivity contribution in [3.63, 3.8) is 0 Å². The van der Waals surface area contributed by atoms with Crippen molar-refractivity contribution >= 4 is 35.5 Å². The number of hydrogen-bond acceptors (Lipinski definition) is 8. The Kier molecular flexibility index (Phi) is 11.5. The highest BCUT2D eigenvalue weighted by Crippen LogP contribution is 2.40. The zero-order valence-corrected chi connectivity index (χ0v) is 29.3. The number of ketones is 1. The Balaban J connectivity index is 1.55. The van der Waals surface area contributed by atoms with Gasteiger partial charge in [-0.2, -0.15) is 0 Å². The van der Waals surface area contributed by atoms with Gasteiger partial charge in [0.25, 0.3) is 5.91 Å². The third-order valence-corrected chi connectivity index (χ3v) is 10.3. The Morgan fingerprint density at radius 3 is 2.33 bits per heavy atom. The summed E-state index contributed by atoms with van der Waals surface area (Å²) in [6.45, 7) is 13.3. The number of carbonyl (C=O) groups excluding carboxylic acids is 6. The third-order valence-electron chi connectivity index (χ3n) is 10.3. The molecule has 268 valence electrons. The molecular formula is C36H51N5O8. The van der Waals surface area contributed by atoms with Crippen LogP contribution in [-0.2, 0) is 33.4 Å². The fraction of sp³-hybridized carbons (Fsp3) is 0.667. The maximum Gasteiger partial charge on any atom is 0.332 e. The fourth-order valence-electron chi connectivity index (χ4n) is 6.71. The van der Waals surface area contributed by atoms with E-state index in [-0.39, 0.29) is 31.4 Å². The Morgan fingerprint density at radius 2 is 1.78 bits per heavy atom. The zero-order valence-electron chi connectivity index (χ0n) is 29.3. The number of rotatable bonds is 14. The van der Waals surface area contributed by atoms with E-state index in [9.17, 15) is 28.8 Å². The van der Waals surface area contributed by atoms with Gasteiger partial charge in [-0.05, 0) is 59.8 Å². The van der Waals surface area contributed by atoms with Crippen LogP contribution in [0.4, 0.5) is 4.79 Å². The number of nitrogens with one attached hydrogen (secondary N) is 3. The number of hydrogen-bond donors (Lipinski definition) is 4. The maximum absolute atomic E-state index is 14.5. The van der Waals surface area contributed by atoms with Gasteiger partial charge in [-0.3, -0.25) is 19.2 Å². The predicted molar refractivity (Wildman–Crippen MR) is 179 cm³/mol. The molecule has 0 radical (unpaired) electrons. The number of primary amides is 1. The minimum Gasteiger partial charge on any atom is -0.455 e. The normalized spacial score (nSPS) is 22.6. The smallest absolute Gasteiger partial charge is 0.332 e. The van der Waals surface area contributed by atoms with Crippen molar-refractivity contribution in [3.8, 4) is 0 Å². The number of carbonyl (C=O) groups is 6. The van der Waals surface area contributed by atoms with Gasteiger partial charge >= 0.3 is 12.0 Å². The van der Waals surface area contributed by atoms with Gasteiger partial charge in [0.15, 0.2) is 12.4 Å². The standard InChI is InChI=1S/C36H51N5O8/c1-7-35(5,6)23-19-26(30(44)38-25(18-22-13-14-22)27(42)29(37)43)41(20-23)31(45)28(34(2,3)4)39-33(47)40-36(15-9-8-10-16-36)32(46)49-21-24-12-11-17-48-24/h7,17,22-23,25-26,28H,1,8-10,13-16,18-21H2,2-6H3,(H2,37,43)(H,38,44)(H2,39,40,47)/t23-,25?,26+,28-/m1/s1. The summed E-state index contributed by atoms with van der Waals surface area (Å²) in [5.74, 6) is -3.33. The average molecular weight is 682 g/mol. The molecule has 13 heteroatoms. The van der Waals surface area contributed by atoms with E-state index >= 15 is 0 Å². The second-order valence-corrected chi connectivity index (χ2v) is 15.5. The van der Waals surface area contributed by atoms with E-state index in [0.29, 0.717) is 37.9 Å². The van der Waals surface area contributed by atoms with Crippen LogP contribution < -0.4 is 21.7 Å². The highest BCUT2D eigenvalue weighted by Gasteiger charge is 2.49. The molecular weight excluding hydrogens is 630 g/mol. The lowest BCUT2D eigenvalue weighted by Crippen LogP contribution is -2.64. The number of esters is 1. The van der Waals surface area contributed by atoms with Crippen molar-refractivity contribution in [1.82, 2.24) is 20.9 Å². The minimum atomic E-state index is -1.30. The summed E-state index contributed by atoms with van der Waals surface area (Å²) >= 11 is 0. The molecule has 2 heterocycles. The molecule has 5 amide bonds. The highest BCUT2D eigenvalue weighted by atomic mass is 16.6. The van der Waals surface area contributed by atoms with Gasteiger partial charge in [0.2, 0.25) is 17.6 Å². The maximum atomic E-state index is 14.5. The van der Waals surface area contributed by atoms with Crippen molar-refractivity contribution < 1.29 is 38.2 Å². The van der Waals surface area contributed by atoms with Crippen molar-refractivity contribution in [2.75, 3.05) is 13.2 Å². The molecule has 0 aromatic heterocycles. The molecule has 2 aliphatic heterocycles. The number of likely N-dealkylation sites (tertiary alicyclic amines) is 1. The molecule has 0 spiro atoms. The lowest BCUT2D eigenvalue weighted by Gasteiger charge is -2.38. The summed E-state index contributed by atoms with van der Waals surface area (Å²) in [7, 11) is 0. The Hall–Kier alpha value is -4.34. The second kappa shape index (κ2) is 15.0. The summed E-state index contributed by atoms with van der Waals surface area (Å²) in [4.78, 5) is 81.4. The topological polar surface area (TPSA) is 186 Å². The van der Waals surface area contributed by atoms with E-state index in [0.717, 1.165) is 19.3 Å². The van der Waals surface area contributed by atoms with Crippen LogP contribution in [0.5, 0.6) is 0 Å². The van der Waals surface area contributed by atoms with Crippen LogP contribution >= 0.6 is 0 Å². The number of urea groups is 1. The summed E-state index contributed by atoms with van der Waals surface area (Å²) < 4.78 is 10.7. The van der Waals surface area contributed by atoms with Gasteiger partial charge in [0, 0.05) is 6.54 Å². The lowest BCUT2D eigenvalue weighted by atomic mass is 9.77. The fourth-order valence-corrected chi connectivity index (χ4v) is 6.71. The first-order valence-electron chi connectivity index (χ1n) is 17.2. The van der Waals surface area contributed by atoms with E-state index < -0.39 is 70.0 Å². The van der Waals surface area contributed by atoms with Crippen molar-refractivity contribution in [2.24, 2.45) is 28.4 Å². The van der Waals surface area contributed by atoms with E-state index in [1.165, 1.54) is 11.2 Å². The van der Waals surface area contributed by atoms with Gasteiger partial charge in [-0.1, -0.05) is 72.8 Å². The van der Waals surface area contributed by atoms with Crippen molar-refractivity contribution in [3.05, 3.63) is 36.1 Å². The first kappa shape index (κ1) is 37.5. The average Bonchev–Trinajstić information content (AvgIpc) is 3.49. The SMILES string of the molecule is C=CC(C)(C)[C@@H]1C[C@@H](C(=O)NC(CC2CC2)C(=O)C(N)=O)N(C(=O)[C@@H](NC(=O)NC2(C(=O)OCC3=C=C=CO3)CCCCC2)C(C)(C)C)C1. The molecule has 4 aliphatic rings. The van der Waals surface area contributed by atoms with Gasteiger partial charge in [0.1, 0.15) is 23.9 Å². The van der Waals surface area contributed by atoms with Gasteiger partial charge in [-0.25, -0.2) is 9.59 Å². The number of amides is 5. The van der Waals surface area contributed by atoms with Crippen LogP contribution in [0.25, 0.3) is 0 Å². The molecule has 2 aliphatic carbocycles. The highest BCUT2D eigenvalue weighted by molar-refractivity contribution is 6.37. The predicted octanol–water partition coefficient (Wildman–Crippen LogP) is 2.90. The first-order valence-corrected chi connectivity index (χ1v) is 17.2. The summed E-state index contributed by atoms with van der Waals surface area (Å²) in [5, 5.41) is 8.39. The number of Topliss-reactive ketones (excluding diaryl/α,β-unsaturated/α-hetero) is 1. The molecule has 2 saturated carbocycles. The quantitative estimate of drug-likeness (QED) is 0.0933. The van der Waals surface area contributed by atoms with E-state index in [1.54, 1.807) is 26.8 Å². The largest absolute Gasteiger partial charge is 0.455 e. The first-order chi connectivity index (χ1) is 23.0. The van der Waals surface area contributed by atoms with Crippen molar-refractivity contribution in [1.29, 1.82) is 0 Å². The molecule has 4 rings (SSSR count). The monoisotopic (exact) mass is 681 g/mol. The van der Waals surface area contributed by atoms with Crippen LogP contribution in [0.15, 0.2) is 36.1 Å². The van der Waals surface area contributed by atoms with Gasteiger partial charge < -0.3 is 36.1 Å². The molecule has 1 saturated heterocycles. The van der Waals surface area contributed by atoms with E-state index in [4.69, 9.17) is 15.2 Å². The summed E-state index contributed by atoms with van der Waals surface area (Å²) in [5.41, 5.74) is 8.08. The molecule has 1 unspecified atom stereocenters. The lowest BCUT2D eigenvalue weighted by molar-refractivity contribution is -0.152. The minimum absolute atomic E-state index is 0.163. The molecule has 0 bridgehead atoms. The Bertz CT molecular complexity index is 1460. The molecule has 0 aromatic rings. The molecule has 0 aromatic carbocycles. The van der Waals surface area contributed by atoms with Crippen LogP contribution in [0, 0.1) is 22.7 Å². The van der Waals surface area contributed by atoms with Crippen LogP contribution in [0.2, 0.25) is 0 Å². The third kappa shape index (κ3) is 9.22. The molecule has 4 atom stereocenters. The molecule has 5 N–H and O–H groups in total. The van der Waals surface area contributed by atoms with Gasteiger partial charge in [0.05, 0.1) is 6.04 Å². The summed E-state index contributed by atoms with van der Waals surface area (Å²) in [6.07, 6.45) is 8.46.